The van der Waals surface area contributed by atoms with Gasteiger partial charge in [-0.05, 0) is 25.0 Å². The largest absolute Gasteiger partial charge is 0.354 e. The summed E-state index contributed by atoms with van der Waals surface area (Å²) in [6, 6.07) is 3.79. The SMILES string of the molecule is O=C(c1cccnc1N1CCSCC1)N1CCCC1. The molecule has 19 heavy (non-hydrogen) atoms. The molecule has 2 aliphatic heterocycles. The van der Waals surface area contributed by atoms with E-state index in [4.69, 9.17) is 0 Å². The fourth-order valence-electron chi connectivity index (χ4n) is 2.68. The number of carbonyl (C=O) groups is 1. The molecule has 2 saturated heterocycles. The summed E-state index contributed by atoms with van der Waals surface area (Å²) in [6.45, 7) is 3.76. The summed E-state index contributed by atoms with van der Waals surface area (Å²) < 4.78 is 0. The molecular weight excluding hydrogens is 258 g/mol. The first kappa shape index (κ1) is 12.8. The number of hydrogen-bond donors (Lipinski definition) is 0. The molecule has 2 aliphatic rings. The van der Waals surface area contributed by atoms with Crippen LogP contribution in [-0.2, 0) is 0 Å². The molecule has 0 spiro atoms. The van der Waals surface area contributed by atoms with Gasteiger partial charge in [0, 0.05) is 43.9 Å². The zero-order chi connectivity index (χ0) is 13.1. The molecule has 0 unspecified atom stereocenters. The molecule has 1 aromatic heterocycles. The van der Waals surface area contributed by atoms with Crippen LogP contribution in [0, 0.1) is 0 Å². The van der Waals surface area contributed by atoms with Gasteiger partial charge in [0.1, 0.15) is 5.82 Å². The highest BCUT2D eigenvalue weighted by molar-refractivity contribution is 7.99. The van der Waals surface area contributed by atoms with E-state index in [1.54, 1.807) is 6.20 Å². The van der Waals surface area contributed by atoms with E-state index in [0.717, 1.165) is 61.9 Å². The van der Waals surface area contributed by atoms with Crippen LogP contribution in [0.1, 0.15) is 23.2 Å². The fourth-order valence-corrected chi connectivity index (χ4v) is 3.58. The number of nitrogens with zero attached hydrogens (tertiary/aromatic N) is 3. The maximum Gasteiger partial charge on any atom is 0.257 e. The van der Waals surface area contributed by atoms with Crippen LogP contribution in [0.5, 0.6) is 0 Å². The molecule has 3 heterocycles. The predicted octanol–water partition coefficient (Wildman–Crippen LogP) is 1.87. The summed E-state index contributed by atoms with van der Waals surface area (Å²) >= 11 is 1.97. The van der Waals surface area contributed by atoms with Crippen LogP contribution >= 0.6 is 11.8 Å². The summed E-state index contributed by atoms with van der Waals surface area (Å²) in [4.78, 5) is 21.2. The van der Waals surface area contributed by atoms with Crippen molar-refractivity contribution in [3.8, 4) is 0 Å². The van der Waals surface area contributed by atoms with Crippen molar-refractivity contribution in [2.75, 3.05) is 42.6 Å². The first-order valence-electron chi connectivity index (χ1n) is 6.93. The molecular formula is C14H19N3OS. The van der Waals surface area contributed by atoms with Crippen molar-refractivity contribution in [3.63, 3.8) is 0 Å². The quantitative estimate of drug-likeness (QED) is 0.827. The Hall–Kier alpha value is -1.23. The van der Waals surface area contributed by atoms with Crippen molar-refractivity contribution in [2.45, 2.75) is 12.8 Å². The molecule has 5 heteroatoms. The lowest BCUT2D eigenvalue weighted by molar-refractivity contribution is 0.0793. The molecule has 0 aliphatic carbocycles. The van der Waals surface area contributed by atoms with Crippen LogP contribution in [-0.4, -0.2) is 53.5 Å². The number of carbonyl (C=O) groups excluding carboxylic acids is 1. The second kappa shape index (κ2) is 5.82. The smallest absolute Gasteiger partial charge is 0.257 e. The minimum Gasteiger partial charge on any atom is -0.354 e. The van der Waals surface area contributed by atoms with Gasteiger partial charge >= 0.3 is 0 Å². The van der Waals surface area contributed by atoms with Crippen molar-refractivity contribution in [1.82, 2.24) is 9.88 Å². The molecule has 3 rings (SSSR count). The monoisotopic (exact) mass is 277 g/mol. The van der Waals surface area contributed by atoms with E-state index in [1.165, 1.54) is 0 Å². The average Bonchev–Trinajstić information content (AvgIpc) is 3.02. The summed E-state index contributed by atoms with van der Waals surface area (Å²) in [6.07, 6.45) is 4.04. The number of rotatable bonds is 2. The maximum atomic E-state index is 12.6. The van der Waals surface area contributed by atoms with E-state index in [9.17, 15) is 4.79 Å². The van der Waals surface area contributed by atoms with Crippen molar-refractivity contribution in [2.24, 2.45) is 0 Å². The van der Waals surface area contributed by atoms with Gasteiger partial charge in [-0.25, -0.2) is 4.98 Å². The highest BCUT2D eigenvalue weighted by Crippen LogP contribution is 2.23. The van der Waals surface area contributed by atoms with Gasteiger partial charge in [0.05, 0.1) is 5.56 Å². The predicted molar refractivity (Wildman–Crippen MR) is 78.9 cm³/mol. The standard InChI is InChI=1S/C14H19N3OS/c18-14(17-6-1-2-7-17)12-4-3-5-15-13(12)16-8-10-19-11-9-16/h3-5H,1-2,6-11H2. The van der Waals surface area contributed by atoms with E-state index in [-0.39, 0.29) is 5.91 Å². The molecule has 0 atom stereocenters. The van der Waals surface area contributed by atoms with E-state index in [0.29, 0.717) is 0 Å². The topological polar surface area (TPSA) is 36.4 Å². The van der Waals surface area contributed by atoms with Crippen LogP contribution < -0.4 is 4.90 Å². The third kappa shape index (κ3) is 2.71. The Bertz CT molecular complexity index is 454. The third-order valence-electron chi connectivity index (χ3n) is 3.72. The first-order valence-corrected chi connectivity index (χ1v) is 8.09. The highest BCUT2D eigenvalue weighted by Gasteiger charge is 2.25. The van der Waals surface area contributed by atoms with E-state index in [2.05, 4.69) is 9.88 Å². The Morgan fingerprint density at radius 3 is 2.63 bits per heavy atom. The zero-order valence-corrected chi connectivity index (χ0v) is 11.9. The normalized spacial score (nSPS) is 19.8. The van der Waals surface area contributed by atoms with Gasteiger partial charge in [-0.3, -0.25) is 4.79 Å². The molecule has 0 radical (unpaired) electrons. The number of likely N-dealkylation sites (tertiary alicyclic amines) is 1. The summed E-state index contributed by atoms with van der Waals surface area (Å²) in [7, 11) is 0. The van der Waals surface area contributed by atoms with Crippen molar-refractivity contribution in [1.29, 1.82) is 0 Å². The van der Waals surface area contributed by atoms with Crippen LogP contribution in [0.4, 0.5) is 5.82 Å². The Kier molecular flexibility index (Phi) is 3.92. The highest BCUT2D eigenvalue weighted by atomic mass is 32.2. The van der Waals surface area contributed by atoms with E-state index >= 15 is 0 Å². The van der Waals surface area contributed by atoms with Gasteiger partial charge in [0.25, 0.3) is 5.91 Å². The Balaban J connectivity index is 1.85. The zero-order valence-electron chi connectivity index (χ0n) is 11.0. The molecule has 0 aromatic carbocycles. The van der Waals surface area contributed by atoms with Crippen LogP contribution in [0.2, 0.25) is 0 Å². The van der Waals surface area contributed by atoms with Crippen LogP contribution in [0.25, 0.3) is 0 Å². The fraction of sp³-hybridized carbons (Fsp3) is 0.571. The summed E-state index contributed by atoms with van der Waals surface area (Å²) in [5.74, 6) is 3.26. The minimum absolute atomic E-state index is 0.152. The van der Waals surface area contributed by atoms with Crippen molar-refractivity contribution < 1.29 is 4.79 Å². The van der Waals surface area contributed by atoms with Crippen LogP contribution in [0.15, 0.2) is 18.3 Å². The van der Waals surface area contributed by atoms with Crippen molar-refractivity contribution >= 4 is 23.5 Å². The lowest BCUT2D eigenvalue weighted by Gasteiger charge is -2.29. The molecule has 0 saturated carbocycles. The number of thioether (sulfide) groups is 1. The number of amides is 1. The molecule has 4 nitrogen and oxygen atoms in total. The Morgan fingerprint density at radius 2 is 1.89 bits per heavy atom. The first-order chi connectivity index (χ1) is 9.36. The molecule has 0 N–H and O–H groups in total. The van der Waals surface area contributed by atoms with Gasteiger partial charge < -0.3 is 9.80 Å². The summed E-state index contributed by atoms with van der Waals surface area (Å²) in [5, 5.41) is 0. The molecule has 102 valence electrons. The van der Waals surface area contributed by atoms with Crippen LogP contribution in [0.3, 0.4) is 0 Å². The molecule has 1 amide bonds. The Labute approximate surface area is 118 Å². The number of pyridine rings is 1. The number of hydrogen-bond acceptors (Lipinski definition) is 4. The van der Waals surface area contributed by atoms with Gasteiger partial charge in [-0.2, -0.15) is 11.8 Å². The average molecular weight is 277 g/mol. The minimum atomic E-state index is 0.152. The second-order valence-corrected chi connectivity index (χ2v) is 6.20. The van der Waals surface area contributed by atoms with Gasteiger partial charge in [0.2, 0.25) is 0 Å². The lowest BCUT2D eigenvalue weighted by Crippen LogP contribution is -2.36. The van der Waals surface area contributed by atoms with Crippen molar-refractivity contribution in [3.05, 3.63) is 23.9 Å². The summed E-state index contributed by atoms with van der Waals surface area (Å²) in [5.41, 5.74) is 0.774. The van der Waals surface area contributed by atoms with Gasteiger partial charge in [-0.1, -0.05) is 0 Å². The van der Waals surface area contributed by atoms with E-state index in [1.807, 2.05) is 28.8 Å². The lowest BCUT2D eigenvalue weighted by atomic mass is 10.2. The number of aromatic nitrogens is 1. The van der Waals surface area contributed by atoms with Gasteiger partial charge in [-0.15, -0.1) is 0 Å². The molecule has 1 aromatic rings. The van der Waals surface area contributed by atoms with Gasteiger partial charge in [0.15, 0.2) is 0 Å². The molecule has 2 fully saturated rings. The number of anilines is 1. The van der Waals surface area contributed by atoms with E-state index < -0.39 is 0 Å². The maximum absolute atomic E-state index is 12.6. The second-order valence-electron chi connectivity index (χ2n) is 4.97. The molecule has 0 bridgehead atoms. The third-order valence-corrected chi connectivity index (χ3v) is 4.66. The Morgan fingerprint density at radius 1 is 1.16 bits per heavy atom.